The second-order valence-electron chi connectivity index (χ2n) is 6.03. The summed E-state index contributed by atoms with van der Waals surface area (Å²) in [6.45, 7) is 4.88. The van der Waals surface area contributed by atoms with Crippen molar-refractivity contribution in [2.45, 2.75) is 26.8 Å². The van der Waals surface area contributed by atoms with Crippen molar-refractivity contribution in [3.05, 3.63) is 47.2 Å². The fraction of sp³-hybridized carbons (Fsp3) is 0.316. The molecule has 0 spiro atoms. The molecule has 0 amide bonds. The molecule has 0 fully saturated rings. The van der Waals surface area contributed by atoms with E-state index in [4.69, 9.17) is 4.74 Å². The lowest BCUT2D eigenvalue weighted by Gasteiger charge is -2.05. The molecule has 0 saturated heterocycles. The van der Waals surface area contributed by atoms with Gasteiger partial charge < -0.3 is 9.29 Å². The smallest absolute Gasteiger partial charge is 0.266 e. The van der Waals surface area contributed by atoms with E-state index in [1.165, 1.54) is 0 Å². The minimum atomic E-state index is -4.22. The Balaban J connectivity index is 2.14. The number of nitrogens with zero attached hydrogens (tertiary/aromatic N) is 1. The number of rotatable bonds is 7. The minimum absolute atomic E-state index is 0.278. The zero-order valence-electron chi connectivity index (χ0n) is 14.8. The molecule has 0 aliphatic rings. The highest BCUT2D eigenvalue weighted by Gasteiger charge is 2.22. The molecule has 0 aliphatic carbocycles. The molecule has 0 aliphatic heterocycles. The van der Waals surface area contributed by atoms with Crippen molar-refractivity contribution in [1.82, 2.24) is 0 Å². The average molecular weight is 392 g/mol. The van der Waals surface area contributed by atoms with Gasteiger partial charge in [-0.15, -0.1) is 0 Å². The van der Waals surface area contributed by atoms with E-state index in [0.717, 1.165) is 31.8 Å². The molecule has 0 unspecified atom stereocenters. The Kier molecular flexibility index (Phi) is 5.60. The Morgan fingerprint density at radius 1 is 1.27 bits per heavy atom. The Morgan fingerprint density at radius 2 is 2.04 bits per heavy atom. The molecule has 0 atom stereocenters. The molecular weight excluding hydrogens is 370 g/mol. The summed E-state index contributed by atoms with van der Waals surface area (Å²) in [4.78, 5) is 0. The van der Waals surface area contributed by atoms with E-state index in [2.05, 4.69) is 28.8 Å². The second kappa shape index (κ2) is 7.73. The monoisotopic (exact) mass is 391 g/mol. The maximum atomic E-state index is 11.0. The summed E-state index contributed by atoms with van der Waals surface area (Å²) in [6, 6.07) is 12.3. The number of hydrogen-bond donors (Lipinski definition) is 0. The highest BCUT2D eigenvalue weighted by Crippen LogP contribution is 2.29. The molecule has 26 heavy (non-hydrogen) atoms. The maximum absolute atomic E-state index is 11.0. The van der Waals surface area contributed by atoms with Crippen LogP contribution in [0.4, 0.5) is 0 Å². The average Bonchev–Trinajstić information content (AvgIpc) is 2.92. The Labute approximate surface area is 157 Å². The first kappa shape index (κ1) is 18.8. The maximum Gasteiger partial charge on any atom is 0.266 e. The van der Waals surface area contributed by atoms with Gasteiger partial charge in [-0.05, 0) is 31.4 Å². The summed E-state index contributed by atoms with van der Waals surface area (Å²) in [5.41, 5.74) is 1.06. The van der Waals surface area contributed by atoms with Gasteiger partial charge in [0.25, 0.3) is 5.01 Å². The normalized spacial score (nSPS) is 12.8. The third-order valence-electron chi connectivity index (χ3n) is 4.09. The van der Waals surface area contributed by atoms with Crippen LogP contribution in [0.25, 0.3) is 27.1 Å². The van der Waals surface area contributed by atoms with Gasteiger partial charge in [0.05, 0.1) is 28.2 Å². The van der Waals surface area contributed by atoms with Crippen LogP contribution in [-0.2, 0) is 21.4 Å². The highest BCUT2D eigenvalue weighted by atomic mass is 32.2. The van der Waals surface area contributed by atoms with E-state index in [-0.39, 0.29) is 12.2 Å². The van der Waals surface area contributed by atoms with Crippen molar-refractivity contribution >= 4 is 48.5 Å². The molecule has 2 aromatic carbocycles. The van der Waals surface area contributed by atoms with Crippen LogP contribution in [0.3, 0.4) is 0 Å². The fourth-order valence-corrected chi connectivity index (χ4v) is 4.72. The number of thiazole rings is 1. The van der Waals surface area contributed by atoms with Crippen LogP contribution < -0.4 is 4.57 Å². The quantitative estimate of drug-likeness (QED) is 0.350. The summed E-state index contributed by atoms with van der Waals surface area (Å²) >= 11 is 1.63. The summed E-state index contributed by atoms with van der Waals surface area (Å²) in [5, 5.41) is 3.21. The van der Waals surface area contributed by atoms with Crippen LogP contribution in [0.1, 0.15) is 25.3 Å². The molecule has 7 heteroatoms. The fourth-order valence-electron chi connectivity index (χ4n) is 3.05. The van der Waals surface area contributed by atoms with Crippen molar-refractivity contribution in [2.24, 2.45) is 0 Å². The van der Waals surface area contributed by atoms with E-state index in [1.807, 2.05) is 32.1 Å². The van der Waals surface area contributed by atoms with Crippen LogP contribution >= 0.6 is 11.3 Å². The van der Waals surface area contributed by atoms with Crippen molar-refractivity contribution < 1.29 is 22.3 Å². The number of allylic oxidation sites excluding steroid dienone is 1. The van der Waals surface area contributed by atoms with Gasteiger partial charge in [-0.3, -0.25) is 0 Å². The number of aryl methyl sites for hydroxylation is 1. The van der Waals surface area contributed by atoms with Crippen molar-refractivity contribution in [2.75, 3.05) is 12.4 Å². The minimum Gasteiger partial charge on any atom is -0.748 e. The number of hydrogen-bond acceptors (Lipinski definition) is 5. The number of fused-ring (bicyclic) bond motifs is 3. The van der Waals surface area contributed by atoms with Crippen LogP contribution in [-0.4, -0.2) is 25.3 Å². The topological polar surface area (TPSA) is 70.3 Å². The Bertz CT molecular complexity index is 1070. The van der Waals surface area contributed by atoms with Gasteiger partial charge >= 0.3 is 0 Å². The number of benzene rings is 2. The highest BCUT2D eigenvalue weighted by molar-refractivity contribution is 7.85. The summed E-state index contributed by atoms with van der Waals surface area (Å²) in [7, 11) is -4.22. The Morgan fingerprint density at radius 3 is 2.77 bits per heavy atom. The van der Waals surface area contributed by atoms with Crippen LogP contribution in [0, 0.1) is 0 Å². The zero-order valence-corrected chi connectivity index (χ0v) is 16.4. The van der Waals surface area contributed by atoms with E-state index < -0.39 is 10.1 Å². The van der Waals surface area contributed by atoms with Gasteiger partial charge in [0.2, 0.25) is 5.52 Å². The molecule has 0 radical (unpaired) electrons. The molecule has 3 rings (SSSR count). The van der Waals surface area contributed by atoms with Gasteiger partial charge in [0.1, 0.15) is 10.5 Å². The first-order chi connectivity index (χ1) is 12.4. The third kappa shape index (κ3) is 4.23. The molecule has 1 aromatic heterocycles. The van der Waals surface area contributed by atoms with E-state index >= 15 is 0 Å². The SMILES string of the molecule is CCOC(C)=Cc1sc2ccc3ccccc3c2[n+]1CCCS(=O)(=O)[O-]. The van der Waals surface area contributed by atoms with Crippen molar-refractivity contribution in [3.63, 3.8) is 0 Å². The summed E-state index contributed by atoms with van der Waals surface area (Å²) in [5.74, 6) is 0.434. The van der Waals surface area contributed by atoms with Gasteiger partial charge in [-0.2, -0.15) is 4.57 Å². The van der Waals surface area contributed by atoms with Crippen LogP contribution in [0.15, 0.2) is 42.2 Å². The largest absolute Gasteiger partial charge is 0.748 e. The van der Waals surface area contributed by atoms with Crippen LogP contribution in [0.5, 0.6) is 0 Å². The number of aromatic nitrogens is 1. The standard InChI is InChI=1S/C19H21NO4S2/c1-3-24-14(2)13-18-20(11-6-12-26(21,22)23)19-16-8-5-4-7-15(16)9-10-17(19)25-18/h4-5,7-10,13H,3,6,11-12H2,1-2H3. The zero-order chi connectivity index (χ0) is 18.7. The summed E-state index contributed by atoms with van der Waals surface area (Å²) < 4.78 is 41.7. The molecule has 3 aromatic rings. The van der Waals surface area contributed by atoms with Gasteiger partial charge in [-0.1, -0.05) is 35.6 Å². The predicted molar refractivity (Wildman–Crippen MR) is 104 cm³/mol. The molecular formula is C19H21NO4S2. The van der Waals surface area contributed by atoms with Crippen molar-refractivity contribution in [3.8, 4) is 0 Å². The lowest BCUT2D eigenvalue weighted by atomic mass is 10.1. The molecule has 0 saturated carbocycles. The summed E-state index contributed by atoms with van der Waals surface area (Å²) in [6.07, 6.45) is 2.24. The first-order valence-electron chi connectivity index (χ1n) is 8.48. The third-order valence-corrected chi connectivity index (χ3v) is 5.97. The molecule has 0 bridgehead atoms. The second-order valence-corrected chi connectivity index (χ2v) is 8.61. The van der Waals surface area contributed by atoms with E-state index in [9.17, 15) is 13.0 Å². The first-order valence-corrected chi connectivity index (χ1v) is 10.9. The molecule has 5 nitrogen and oxygen atoms in total. The van der Waals surface area contributed by atoms with E-state index in [1.54, 1.807) is 11.3 Å². The molecule has 0 N–H and O–H groups in total. The van der Waals surface area contributed by atoms with Gasteiger partial charge in [-0.25, -0.2) is 8.42 Å². The van der Waals surface area contributed by atoms with Crippen LogP contribution in [0.2, 0.25) is 0 Å². The van der Waals surface area contributed by atoms with Crippen molar-refractivity contribution in [1.29, 1.82) is 0 Å². The molecule has 1 heterocycles. The van der Waals surface area contributed by atoms with Gasteiger partial charge in [0.15, 0.2) is 6.54 Å². The van der Waals surface area contributed by atoms with E-state index in [0.29, 0.717) is 13.2 Å². The molecule has 138 valence electrons. The predicted octanol–water partition coefficient (Wildman–Crippen LogP) is 3.67. The Hall–Kier alpha value is -1.96. The van der Waals surface area contributed by atoms with Gasteiger partial charge in [0, 0.05) is 12.2 Å². The lowest BCUT2D eigenvalue weighted by molar-refractivity contribution is -0.667. The number of ether oxygens (including phenoxy) is 1. The lowest BCUT2D eigenvalue weighted by Crippen LogP contribution is -2.36.